The smallest absolute Gasteiger partial charge is 0.357 e. The third-order valence-corrected chi connectivity index (χ3v) is 0. The van der Waals surface area contributed by atoms with Gasteiger partial charge in [-0.2, -0.15) is 0 Å². The van der Waals surface area contributed by atoms with Crippen molar-refractivity contribution >= 4 is 0 Å². The van der Waals surface area contributed by atoms with Crippen molar-refractivity contribution in [3.8, 4) is 0 Å². The fourth-order valence-corrected chi connectivity index (χ4v) is 0. The van der Waals surface area contributed by atoms with E-state index < -0.39 is 21.6 Å². The second-order valence-electron chi connectivity index (χ2n) is 0.378. The maximum atomic E-state index is 8.41. The van der Waals surface area contributed by atoms with Crippen LogP contribution >= 0.6 is 0 Å². The maximum absolute atomic E-state index is 8.41. The van der Waals surface area contributed by atoms with Crippen molar-refractivity contribution in [1.82, 2.24) is 0 Å². The van der Waals surface area contributed by atoms with Gasteiger partial charge in [-0.05, 0) is 0 Å². The molecular formula is Cl2O6Ti. The fraction of sp³-hybridized carbons (Fsp3) is 0. The summed E-state index contributed by atoms with van der Waals surface area (Å²) in [7, 11) is -5.70. The molecule has 0 spiro atoms. The Kier molecular flexibility index (Phi) is 21.7. The molecule has 9 heavy (non-hydrogen) atoms. The first kappa shape index (κ1) is 16.6. The van der Waals surface area contributed by atoms with Gasteiger partial charge in [0.2, 0.25) is 0 Å². The molecule has 0 aromatic heterocycles. The van der Waals surface area contributed by atoms with Crippen LogP contribution in [0.15, 0.2) is 0 Å². The number of rotatable bonds is 0. The van der Waals surface area contributed by atoms with Crippen LogP contribution in [-0.2, 0) is 21.7 Å². The molecule has 0 saturated heterocycles. The molecule has 0 rings (SSSR count). The van der Waals surface area contributed by atoms with Gasteiger partial charge in [-0.3, -0.25) is 0 Å². The second kappa shape index (κ2) is 11.8. The molecule has 0 heterocycles. The summed E-state index contributed by atoms with van der Waals surface area (Å²) in [6.45, 7) is 0. The van der Waals surface area contributed by atoms with E-state index in [1.54, 1.807) is 0 Å². The Morgan fingerprint density at radius 3 is 0.556 bits per heavy atom. The first-order valence-corrected chi connectivity index (χ1v) is 2.78. The topological polar surface area (TPSA) is 138 Å². The van der Waals surface area contributed by atoms with E-state index in [1.165, 1.54) is 0 Å². The van der Waals surface area contributed by atoms with Gasteiger partial charge < -0.3 is 28.0 Å². The van der Waals surface area contributed by atoms with Gasteiger partial charge in [-0.15, -0.1) is 0 Å². The first-order chi connectivity index (χ1) is 3.46. The van der Waals surface area contributed by atoms with E-state index in [0.717, 1.165) is 0 Å². The number of hydrogen-bond acceptors (Lipinski definition) is 6. The molecule has 0 amide bonds. The van der Waals surface area contributed by atoms with Gasteiger partial charge in [0.25, 0.3) is 0 Å². The predicted octanol–water partition coefficient (Wildman–Crippen LogP) is -7.14. The van der Waals surface area contributed by atoms with E-state index in [-0.39, 0.29) is 21.7 Å². The van der Waals surface area contributed by atoms with Gasteiger partial charge in [0.15, 0.2) is 0 Å². The molecule has 0 aliphatic heterocycles. The van der Waals surface area contributed by atoms with Crippen molar-refractivity contribution in [2.45, 2.75) is 0 Å². The van der Waals surface area contributed by atoms with Crippen LogP contribution in [-0.4, -0.2) is 0 Å². The zero-order valence-corrected chi connectivity index (χ0v) is 6.78. The van der Waals surface area contributed by atoms with E-state index in [9.17, 15) is 0 Å². The molecule has 0 radical (unpaired) electrons. The molecule has 6 nitrogen and oxygen atoms in total. The second-order valence-corrected chi connectivity index (χ2v) is 1.13. The third kappa shape index (κ3) is 405. The summed E-state index contributed by atoms with van der Waals surface area (Å²) in [4.78, 5) is 0. The normalized spacial score (nSPS) is 8.00. The minimum Gasteiger partial charge on any atom is -0.357 e. The van der Waals surface area contributed by atoms with E-state index in [2.05, 4.69) is 0 Å². The van der Waals surface area contributed by atoms with Crippen LogP contribution < -0.4 is 28.0 Å². The van der Waals surface area contributed by atoms with Crippen molar-refractivity contribution in [1.29, 1.82) is 0 Å². The standard InChI is InChI=1S/2ClO3.Ti/c2*2-1(3)4;/q2*-1;+2. The summed E-state index contributed by atoms with van der Waals surface area (Å²) in [5.41, 5.74) is 0. The molecule has 0 aliphatic carbocycles. The summed E-state index contributed by atoms with van der Waals surface area (Å²) in [5.74, 6) is 0. The third-order valence-electron chi connectivity index (χ3n) is 0. The molecule has 54 valence electrons. The van der Waals surface area contributed by atoms with Crippen LogP contribution in [0.3, 0.4) is 0 Å². The minimum atomic E-state index is -2.85. The van der Waals surface area contributed by atoms with Gasteiger partial charge >= 0.3 is 21.7 Å². The van der Waals surface area contributed by atoms with Crippen LogP contribution in [0.25, 0.3) is 0 Å². The van der Waals surface area contributed by atoms with Crippen molar-refractivity contribution in [2.24, 2.45) is 0 Å². The Hall–Kier alpha value is 1.05. The molecule has 0 aliphatic rings. The molecular weight excluding hydrogens is 215 g/mol. The first-order valence-electron chi connectivity index (χ1n) is 0.926. The fourth-order valence-electron chi connectivity index (χ4n) is 0. The SMILES string of the molecule is [O-][Cl+2]([O-])[O-].[O-][Cl+2]([O-])[O-].[Ti+2]. The Balaban J connectivity index is -0.0000000720. The van der Waals surface area contributed by atoms with Crippen LogP contribution in [0.2, 0.25) is 0 Å². The van der Waals surface area contributed by atoms with Gasteiger partial charge in [0, 0.05) is 0 Å². The van der Waals surface area contributed by atoms with Gasteiger partial charge in [0.1, 0.15) is 0 Å². The molecule has 0 atom stereocenters. The molecule has 0 N–H and O–H groups in total. The Morgan fingerprint density at radius 1 is 0.556 bits per heavy atom. The van der Waals surface area contributed by atoms with Crippen molar-refractivity contribution in [3.63, 3.8) is 0 Å². The number of halogens is 2. The van der Waals surface area contributed by atoms with E-state index in [4.69, 9.17) is 28.0 Å². The Morgan fingerprint density at radius 2 is 0.556 bits per heavy atom. The summed E-state index contributed by atoms with van der Waals surface area (Å²) in [6, 6.07) is 0. The molecule has 0 aromatic rings. The monoisotopic (exact) mass is 214 g/mol. The zero-order valence-electron chi connectivity index (χ0n) is 3.71. The zero-order chi connectivity index (χ0) is 7.15. The summed E-state index contributed by atoms with van der Waals surface area (Å²) < 4.78 is 50.4. The number of hydrogen-bond donors (Lipinski definition) is 0. The average Bonchev–Trinajstić information content (AvgIpc) is 1.25. The van der Waals surface area contributed by atoms with E-state index in [1.807, 2.05) is 0 Å². The largest absolute Gasteiger partial charge is 2.00 e. The van der Waals surface area contributed by atoms with Crippen molar-refractivity contribution < 1.29 is 71.2 Å². The summed E-state index contributed by atoms with van der Waals surface area (Å²) >= 11 is 0. The van der Waals surface area contributed by atoms with Crippen molar-refractivity contribution in [2.75, 3.05) is 0 Å². The van der Waals surface area contributed by atoms with Crippen LogP contribution in [0.5, 0.6) is 0 Å². The van der Waals surface area contributed by atoms with Gasteiger partial charge in [0.05, 0.1) is 21.6 Å². The van der Waals surface area contributed by atoms with E-state index >= 15 is 0 Å². The van der Waals surface area contributed by atoms with Crippen LogP contribution in [0.4, 0.5) is 0 Å². The predicted molar refractivity (Wildman–Crippen MR) is 0 cm³/mol. The van der Waals surface area contributed by atoms with Gasteiger partial charge in [-0.1, -0.05) is 0 Å². The Labute approximate surface area is 71.4 Å². The van der Waals surface area contributed by atoms with Crippen LogP contribution in [0.1, 0.15) is 0 Å². The average molecular weight is 215 g/mol. The minimum absolute atomic E-state index is 0. The quantitative estimate of drug-likeness (QED) is 0.367. The molecule has 0 unspecified atom stereocenters. The molecule has 0 aromatic carbocycles. The van der Waals surface area contributed by atoms with Crippen molar-refractivity contribution in [3.05, 3.63) is 0 Å². The van der Waals surface area contributed by atoms with Gasteiger partial charge in [-0.25, -0.2) is 0 Å². The molecule has 0 bridgehead atoms. The summed E-state index contributed by atoms with van der Waals surface area (Å²) in [6.07, 6.45) is 0. The van der Waals surface area contributed by atoms with Crippen LogP contribution in [0, 0.1) is 21.6 Å². The molecule has 0 saturated carbocycles. The molecule has 0 fully saturated rings. The summed E-state index contributed by atoms with van der Waals surface area (Å²) in [5, 5.41) is 0. The Bertz CT molecular complexity index is 26.5. The molecule has 9 heteroatoms. The van der Waals surface area contributed by atoms with E-state index in [0.29, 0.717) is 0 Å². The maximum Gasteiger partial charge on any atom is 2.00 e.